The molecule has 2 aromatic heterocycles. The van der Waals surface area contributed by atoms with E-state index in [1.807, 2.05) is 29.2 Å². The minimum absolute atomic E-state index is 0.0891. The van der Waals surface area contributed by atoms with Crippen molar-refractivity contribution in [3.05, 3.63) is 75.8 Å². The number of benzene rings is 1. The minimum Gasteiger partial charge on any atom is -0.387 e. The number of β-amino-alcohol motifs (C(OH)–C–C–N with tert-alkyl or cyclic N) is 1. The predicted molar refractivity (Wildman–Crippen MR) is 105 cm³/mol. The summed E-state index contributed by atoms with van der Waals surface area (Å²) < 4.78 is 1.67. The highest BCUT2D eigenvalue weighted by Crippen LogP contribution is 2.25. The molecule has 1 aliphatic heterocycles. The van der Waals surface area contributed by atoms with Crippen LogP contribution in [0.1, 0.15) is 18.1 Å². The van der Waals surface area contributed by atoms with Gasteiger partial charge < -0.3 is 10.0 Å². The van der Waals surface area contributed by atoms with Gasteiger partial charge in [0.2, 0.25) is 5.95 Å². The molecule has 0 fully saturated rings. The highest BCUT2D eigenvalue weighted by atomic mass is 35.5. The molecule has 1 unspecified atom stereocenters. The maximum atomic E-state index is 12.6. The van der Waals surface area contributed by atoms with Gasteiger partial charge in [-0.2, -0.15) is 0 Å². The Kier molecular flexibility index (Phi) is 4.92. The smallest absolute Gasteiger partial charge is 0.255 e. The van der Waals surface area contributed by atoms with Gasteiger partial charge in [0.25, 0.3) is 5.56 Å². The number of aromatic nitrogens is 3. The van der Waals surface area contributed by atoms with E-state index in [4.69, 9.17) is 16.6 Å². The fourth-order valence-corrected chi connectivity index (χ4v) is 3.54. The number of hydrogen-bond acceptors (Lipinski definition) is 5. The summed E-state index contributed by atoms with van der Waals surface area (Å²) in [5, 5.41) is 11.2. The Morgan fingerprint density at radius 3 is 2.74 bits per heavy atom. The van der Waals surface area contributed by atoms with E-state index in [0.29, 0.717) is 29.8 Å². The molecule has 0 amide bonds. The molecule has 4 rings (SSSR count). The van der Waals surface area contributed by atoms with E-state index in [1.54, 1.807) is 35.2 Å². The van der Waals surface area contributed by atoms with Gasteiger partial charge in [0.05, 0.1) is 18.3 Å². The molecule has 6 nitrogen and oxygen atoms in total. The fourth-order valence-electron chi connectivity index (χ4n) is 3.34. The van der Waals surface area contributed by atoms with Gasteiger partial charge in [-0.15, -0.1) is 0 Å². The number of halogens is 1. The van der Waals surface area contributed by atoms with Crippen LogP contribution < -0.4 is 10.5 Å². The Hall–Kier alpha value is -2.70. The molecule has 138 valence electrons. The number of pyridine rings is 1. The zero-order chi connectivity index (χ0) is 18.8. The zero-order valence-corrected chi connectivity index (χ0v) is 15.4. The molecule has 1 aliphatic rings. The number of hydrogen-bond donors (Lipinski definition) is 1. The molecule has 1 atom stereocenters. The molecule has 1 N–H and O–H groups in total. The second kappa shape index (κ2) is 7.50. The Labute approximate surface area is 161 Å². The van der Waals surface area contributed by atoms with Crippen LogP contribution >= 0.6 is 11.6 Å². The molecular formula is C20H19ClN4O2. The Morgan fingerprint density at radius 1 is 1.15 bits per heavy atom. The largest absolute Gasteiger partial charge is 0.387 e. The van der Waals surface area contributed by atoms with Gasteiger partial charge in [0, 0.05) is 42.1 Å². The molecule has 0 saturated heterocycles. The summed E-state index contributed by atoms with van der Waals surface area (Å²) >= 11 is 6.03. The van der Waals surface area contributed by atoms with Gasteiger partial charge in [-0.3, -0.25) is 14.3 Å². The van der Waals surface area contributed by atoms with Crippen LogP contribution in [-0.2, 0) is 6.54 Å². The van der Waals surface area contributed by atoms with Crippen LogP contribution in [0.25, 0.3) is 11.3 Å². The molecule has 0 radical (unpaired) electrons. The highest BCUT2D eigenvalue weighted by molar-refractivity contribution is 6.30. The van der Waals surface area contributed by atoms with Crippen molar-refractivity contribution in [2.24, 2.45) is 0 Å². The molecule has 0 saturated carbocycles. The van der Waals surface area contributed by atoms with Crippen LogP contribution in [0.5, 0.6) is 0 Å². The summed E-state index contributed by atoms with van der Waals surface area (Å²) in [6, 6.07) is 12.4. The van der Waals surface area contributed by atoms with Crippen molar-refractivity contribution in [3.8, 4) is 11.3 Å². The summed E-state index contributed by atoms with van der Waals surface area (Å²) in [4.78, 5) is 23.3. The number of aliphatic hydroxyl groups excluding tert-OH is 1. The van der Waals surface area contributed by atoms with Crippen LogP contribution in [-0.4, -0.2) is 32.7 Å². The third kappa shape index (κ3) is 3.72. The van der Waals surface area contributed by atoms with Crippen LogP contribution in [0.3, 0.4) is 0 Å². The summed E-state index contributed by atoms with van der Waals surface area (Å²) in [7, 11) is 0. The predicted octanol–water partition coefficient (Wildman–Crippen LogP) is 2.90. The number of fused-ring (bicyclic) bond motifs is 1. The van der Waals surface area contributed by atoms with Crippen LogP contribution in [0.15, 0.2) is 59.7 Å². The molecule has 3 aromatic rings. The average Bonchev–Trinajstić information content (AvgIpc) is 2.69. The summed E-state index contributed by atoms with van der Waals surface area (Å²) in [6.07, 6.45) is 3.45. The van der Waals surface area contributed by atoms with E-state index in [2.05, 4.69) is 4.98 Å². The average molecular weight is 383 g/mol. The fraction of sp³-hybridized carbons (Fsp3) is 0.250. The van der Waals surface area contributed by atoms with E-state index in [0.717, 1.165) is 24.1 Å². The zero-order valence-electron chi connectivity index (χ0n) is 14.6. The first kappa shape index (κ1) is 17.7. The van der Waals surface area contributed by atoms with Gasteiger partial charge in [-0.1, -0.05) is 23.7 Å². The van der Waals surface area contributed by atoms with Crippen molar-refractivity contribution in [2.45, 2.75) is 19.1 Å². The lowest BCUT2D eigenvalue weighted by Gasteiger charge is -2.32. The molecule has 0 bridgehead atoms. The monoisotopic (exact) mass is 382 g/mol. The molecule has 7 heteroatoms. The van der Waals surface area contributed by atoms with Crippen molar-refractivity contribution in [3.63, 3.8) is 0 Å². The topological polar surface area (TPSA) is 71.2 Å². The number of nitrogens with zero attached hydrogens (tertiary/aromatic N) is 4. The summed E-state index contributed by atoms with van der Waals surface area (Å²) in [5.74, 6) is 0.585. The van der Waals surface area contributed by atoms with Gasteiger partial charge in [-0.05, 0) is 36.2 Å². The normalized spacial score (nSPS) is 14.7. The van der Waals surface area contributed by atoms with Gasteiger partial charge in [0.15, 0.2) is 0 Å². The Bertz CT molecular complexity index is 1010. The lowest BCUT2D eigenvalue weighted by atomic mass is 10.1. The third-order valence-electron chi connectivity index (χ3n) is 4.68. The van der Waals surface area contributed by atoms with E-state index < -0.39 is 6.10 Å². The Balaban J connectivity index is 1.68. The molecular weight excluding hydrogens is 364 g/mol. The second-order valence-corrected chi connectivity index (χ2v) is 6.97. The van der Waals surface area contributed by atoms with E-state index in [1.165, 1.54) is 0 Å². The lowest BCUT2D eigenvalue weighted by molar-refractivity contribution is 0.181. The highest BCUT2D eigenvalue weighted by Gasteiger charge is 2.23. The van der Waals surface area contributed by atoms with Crippen LogP contribution in [0.4, 0.5) is 5.95 Å². The number of rotatable bonds is 4. The van der Waals surface area contributed by atoms with Crippen molar-refractivity contribution >= 4 is 17.5 Å². The summed E-state index contributed by atoms with van der Waals surface area (Å²) in [5.41, 5.74) is 2.10. The first-order valence-corrected chi connectivity index (χ1v) is 9.20. The lowest BCUT2D eigenvalue weighted by Crippen LogP contribution is -2.40. The van der Waals surface area contributed by atoms with E-state index in [9.17, 15) is 9.90 Å². The standard InChI is InChI=1S/C20H19ClN4O2/c21-16-4-1-3-15(11-16)18(26)13-24-9-2-10-25-19(27)12-17(23-20(24)25)14-5-7-22-8-6-14/h1,3-8,11-12,18,26H,2,9-10,13H2. The van der Waals surface area contributed by atoms with E-state index >= 15 is 0 Å². The second-order valence-electron chi connectivity index (χ2n) is 6.54. The van der Waals surface area contributed by atoms with Crippen molar-refractivity contribution < 1.29 is 5.11 Å². The molecule has 27 heavy (non-hydrogen) atoms. The molecule has 0 spiro atoms. The quantitative estimate of drug-likeness (QED) is 0.751. The van der Waals surface area contributed by atoms with Crippen LogP contribution in [0, 0.1) is 0 Å². The Morgan fingerprint density at radius 2 is 1.96 bits per heavy atom. The molecule has 0 aliphatic carbocycles. The maximum Gasteiger partial charge on any atom is 0.255 e. The maximum absolute atomic E-state index is 12.6. The summed E-state index contributed by atoms with van der Waals surface area (Å²) in [6.45, 7) is 1.69. The molecule has 3 heterocycles. The first-order valence-electron chi connectivity index (χ1n) is 8.82. The SMILES string of the molecule is O=c1cc(-c2ccncc2)nc2n1CCCN2CC(O)c1cccc(Cl)c1. The van der Waals surface area contributed by atoms with Gasteiger partial charge in [0.1, 0.15) is 0 Å². The number of anilines is 1. The van der Waals surface area contributed by atoms with Gasteiger partial charge >= 0.3 is 0 Å². The third-order valence-corrected chi connectivity index (χ3v) is 4.92. The van der Waals surface area contributed by atoms with Crippen LogP contribution in [0.2, 0.25) is 5.02 Å². The van der Waals surface area contributed by atoms with Crippen molar-refractivity contribution in [2.75, 3.05) is 18.0 Å². The minimum atomic E-state index is -0.725. The van der Waals surface area contributed by atoms with Gasteiger partial charge in [-0.25, -0.2) is 4.98 Å². The van der Waals surface area contributed by atoms with Crippen molar-refractivity contribution in [1.29, 1.82) is 0 Å². The van der Waals surface area contributed by atoms with E-state index in [-0.39, 0.29) is 5.56 Å². The molecule has 1 aromatic carbocycles. The van der Waals surface area contributed by atoms with Crippen molar-refractivity contribution in [1.82, 2.24) is 14.5 Å². The number of aliphatic hydroxyl groups is 1. The first-order chi connectivity index (χ1) is 13.1.